The molecule has 5 heteroatoms. The smallest absolute Gasteiger partial charge is 0.253 e. The van der Waals surface area contributed by atoms with Crippen molar-refractivity contribution in [3.8, 4) is 5.75 Å². The quantitative estimate of drug-likeness (QED) is 0.857. The van der Waals surface area contributed by atoms with Gasteiger partial charge in [0, 0.05) is 35.8 Å². The van der Waals surface area contributed by atoms with E-state index in [1.165, 1.54) is 4.90 Å². The Morgan fingerprint density at radius 2 is 1.78 bits per heavy atom. The minimum atomic E-state index is 0.160. The molecule has 2 aliphatic rings. The van der Waals surface area contributed by atoms with Gasteiger partial charge in [-0.1, -0.05) is 30.3 Å². The Morgan fingerprint density at radius 3 is 2.59 bits per heavy atom. The molecule has 0 aromatic heterocycles. The second-order valence-corrected chi connectivity index (χ2v) is 8.32. The minimum absolute atomic E-state index is 0.160. The third-order valence-corrected chi connectivity index (χ3v) is 6.48. The number of piperidine rings is 1. The molecule has 142 valence electrons. The van der Waals surface area contributed by atoms with Crippen LogP contribution in [0.4, 0.5) is 0 Å². The molecule has 4 rings (SSSR count). The van der Waals surface area contributed by atoms with Gasteiger partial charge in [-0.15, -0.1) is 11.8 Å². The number of para-hydroxylation sites is 1. The molecule has 27 heavy (non-hydrogen) atoms. The van der Waals surface area contributed by atoms with Gasteiger partial charge in [0.15, 0.2) is 0 Å². The summed E-state index contributed by atoms with van der Waals surface area (Å²) in [6.07, 6.45) is 2.35. The number of hydrogen-bond acceptors (Lipinski definition) is 4. The highest BCUT2D eigenvalue weighted by atomic mass is 32.2. The molecule has 1 saturated heterocycles. The number of nitrogens with zero attached hydrogens (tertiary/aromatic N) is 1. The van der Waals surface area contributed by atoms with Crippen LogP contribution < -0.4 is 10.1 Å². The number of thioether (sulfide) groups is 1. The van der Waals surface area contributed by atoms with E-state index >= 15 is 0 Å². The Bertz CT molecular complexity index is 760. The van der Waals surface area contributed by atoms with Crippen molar-refractivity contribution in [1.82, 2.24) is 10.2 Å². The van der Waals surface area contributed by atoms with Crippen LogP contribution in [0.5, 0.6) is 5.75 Å². The highest BCUT2D eigenvalue weighted by Crippen LogP contribution is 2.34. The van der Waals surface area contributed by atoms with E-state index in [1.807, 2.05) is 59.1 Å². The summed E-state index contributed by atoms with van der Waals surface area (Å²) in [7, 11) is 0. The summed E-state index contributed by atoms with van der Waals surface area (Å²) >= 11 is 1.88. The molecule has 2 aliphatic heterocycles. The fourth-order valence-corrected chi connectivity index (χ4v) is 4.70. The largest absolute Gasteiger partial charge is 0.487 e. The number of likely N-dealkylation sites (tertiary alicyclic amines) is 1. The zero-order valence-corrected chi connectivity index (χ0v) is 16.3. The fraction of sp³-hybridized carbons (Fsp3) is 0.409. The van der Waals surface area contributed by atoms with Gasteiger partial charge in [-0.05, 0) is 49.6 Å². The second-order valence-electron chi connectivity index (χ2n) is 7.26. The third-order valence-electron chi connectivity index (χ3n) is 5.30. The Hall–Kier alpha value is -1.98. The standard InChI is InChI=1S/C22H26N2O2S/c25-22(18-6-2-1-3-7-18)24-12-10-17(11-13-24)14-23-15-19-16-27-21-9-5-4-8-20(21)26-19/h1-9,17,19,23H,10-16H2. The number of carbonyl (C=O) groups excluding carboxylic acids is 1. The van der Waals surface area contributed by atoms with Gasteiger partial charge >= 0.3 is 0 Å². The molecular weight excluding hydrogens is 356 g/mol. The van der Waals surface area contributed by atoms with Gasteiger partial charge in [0.1, 0.15) is 11.9 Å². The molecule has 0 radical (unpaired) electrons. The van der Waals surface area contributed by atoms with Crippen molar-refractivity contribution in [1.29, 1.82) is 0 Å². The number of nitrogens with one attached hydrogen (secondary N) is 1. The Labute approximate surface area is 165 Å². The summed E-state index contributed by atoms with van der Waals surface area (Å²) in [5.74, 6) is 2.79. The first-order valence-electron chi connectivity index (χ1n) is 9.73. The number of fused-ring (bicyclic) bond motifs is 1. The fourth-order valence-electron chi connectivity index (χ4n) is 3.72. The van der Waals surface area contributed by atoms with E-state index in [0.717, 1.165) is 56.1 Å². The molecule has 0 aliphatic carbocycles. The SMILES string of the molecule is O=C(c1ccccc1)N1CCC(CNCC2CSc3ccccc3O2)CC1. The van der Waals surface area contributed by atoms with Crippen molar-refractivity contribution in [3.05, 3.63) is 60.2 Å². The molecule has 4 nitrogen and oxygen atoms in total. The molecule has 0 spiro atoms. The van der Waals surface area contributed by atoms with Gasteiger partial charge in [0.05, 0.1) is 0 Å². The second kappa shape index (κ2) is 8.81. The minimum Gasteiger partial charge on any atom is -0.487 e. The van der Waals surface area contributed by atoms with Crippen molar-refractivity contribution < 1.29 is 9.53 Å². The number of rotatable bonds is 5. The van der Waals surface area contributed by atoms with E-state index in [1.54, 1.807) is 0 Å². The van der Waals surface area contributed by atoms with Crippen LogP contribution >= 0.6 is 11.8 Å². The van der Waals surface area contributed by atoms with Crippen molar-refractivity contribution in [2.45, 2.75) is 23.8 Å². The van der Waals surface area contributed by atoms with E-state index in [4.69, 9.17) is 4.74 Å². The summed E-state index contributed by atoms with van der Waals surface area (Å²) in [5.41, 5.74) is 0.793. The van der Waals surface area contributed by atoms with E-state index in [0.29, 0.717) is 5.92 Å². The number of hydrogen-bond donors (Lipinski definition) is 1. The monoisotopic (exact) mass is 382 g/mol. The van der Waals surface area contributed by atoms with Crippen LogP contribution in [0.2, 0.25) is 0 Å². The van der Waals surface area contributed by atoms with E-state index in [-0.39, 0.29) is 12.0 Å². The van der Waals surface area contributed by atoms with Crippen LogP contribution in [0.25, 0.3) is 0 Å². The predicted molar refractivity (Wildman–Crippen MR) is 110 cm³/mol. The van der Waals surface area contributed by atoms with Crippen molar-refractivity contribution in [3.63, 3.8) is 0 Å². The molecule has 2 aromatic rings. The summed E-state index contributed by atoms with van der Waals surface area (Å²) in [6.45, 7) is 3.58. The first-order chi connectivity index (χ1) is 13.3. The molecular formula is C22H26N2O2S. The molecule has 0 saturated carbocycles. The van der Waals surface area contributed by atoms with Gasteiger partial charge in [0.25, 0.3) is 5.91 Å². The van der Waals surface area contributed by atoms with Gasteiger partial charge in [0.2, 0.25) is 0 Å². The lowest BCUT2D eigenvalue weighted by Crippen LogP contribution is -2.42. The van der Waals surface area contributed by atoms with Crippen LogP contribution in [-0.4, -0.2) is 48.8 Å². The maximum Gasteiger partial charge on any atom is 0.253 e. The molecule has 0 bridgehead atoms. The van der Waals surface area contributed by atoms with Gasteiger partial charge in [-0.3, -0.25) is 4.79 Å². The zero-order chi connectivity index (χ0) is 18.5. The number of carbonyl (C=O) groups is 1. The zero-order valence-electron chi connectivity index (χ0n) is 15.5. The predicted octanol–water partition coefficient (Wildman–Crippen LogP) is 3.68. The van der Waals surface area contributed by atoms with Crippen LogP contribution in [0.1, 0.15) is 23.2 Å². The van der Waals surface area contributed by atoms with Crippen LogP contribution in [-0.2, 0) is 0 Å². The Kier molecular flexibility index (Phi) is 6.00. The van der Waals surface area contributed by atoms with Crippen molar-refractivity contribution in [2.75, 3.05) is 31.9 Å². The summed E-state index contributed by atoms with van der Waals surface area (Å²) in [6, 6.07) is 17.8. The normalized spacial score (nSPS) is 20.0. The lowest BCUT2D eigenvalue weighted by molar-refractivity contribution is 0.0689. The summed E-state index contributed by atoms with van der Waals surface area (Å²) < 4.78 is 6.08. The Balaban J connectivity index is 1.18. The molecule has 2 heterocycles. The van der Waals surface area contributed by atoms with Crippen LogP contribution in [0, 0.1) is 5.92 Å². The van der Waals surface area contributed by atoms with Crippen molar-refractivity contribution in [2.24, 2.45) is 5.92 Å². The molecule has 1 fully saturated rings. The highest BCUT2D eigenvalue weighted by Gasteiger charge is 2.24. The van der Waals surface area contributed by atoms with Gasteiger partial charge in [-0.25, -0.2) is 0 Å². The number of benzene rings is 2. The number of ether oxygens (including phenoxy) is 1. The number of amides is 1. The maximum absolute atomic E-state index is 12.5. The summed E-state index contributed by atoms with van der Waals surface area (Å²) in [5, 5.41) is 3.59. The van der Waals surface area contributed by atoms with Crippen LogP contribution in [0.15, 0.2) is 59.5 Å². The molecule has 1 amide bonds. The van der Waals surface area contributed by atoms with Gasteiger partial charge < -0.3 is 15.0 Å². The van der Waals surface area contributed by atoms with Crippen LogP contribution in [0.3, 0.4) is 0 Å². The summed E-state index contributed by atoms with van der Waals surface area (Å²) in [4.78, 5) is 15.7. The lowest BCUT2D eigenvalue weighted by atomic mass is 9.96. The third kappa shape index (κ3) is 4.66. The first-order valence-corrected chi connectivity index (χ1v) is 10.7. The van der Waals surface area contributed by atoms with Crippen molar-refractivity contribution >= 4 is 17.7 Å². The first kappa shape index (κ1) is 18.4. The highest BCUT2D eigenvalue weighted by molar-refractivity contribution is 7.99. The van der Waals surface area contributed by atoms with E-state index < -0.39 is 0 Å². The maximum atomic E-state index is 12.5. The average molecular weight is 383 g/mol. The van der Waals surface area contributed by atoms with E-state index in [9.17, 15) is 4.79 Å². The molecule has 1 N–H and O–H groups in total. The molecule has 2 aromatic carbocycles. The molecule has 1 atom stereocenters. The Morgan fingerprint density at radius 1 is 1.04 bits per heavy atom. The molecule has 1 unspecified atom stereocenters. The van der Waals surface area contributed by atoms with E-state index in [2.05, 4.69) is 17.4 Å². The topological polar surface area (TPSA) is 41.6 Å². The van der Waals surface area contributed by atoms with Gasteiger partial charge in [-0.2, -0.15) is 0 Å². The average Bonchev–Trinajstić information content (AvgIpc) is 2.74. The lowest BCUT2D eigenvalue weighted by Gasteiger charge is -2.33.